The predicted molar refractivity (Wildman–Crippen MR) is 108 cm³/mol. The first kappa shape index (κ1) is 20.0. The number of aryl methyl sites for hydroxylation is 3. The van der Waals surface area contributed by atoms with Crippen LogP contribution in [0.5, 0.6) is 0 Å². The summed E-state index contributed by atoms with van der Waals surface area (Å²) in [5, 5.41) is 2.86. The molecule has 146 valence electrons. The number of halogens is 1. The summed E-state index contributed by atoms with van der Waals surface area (Å²) in [7, 11) is -3.93. The fraction of sp³-hybridized carbons (Fsp3) is 0.158. The average molecular weight is 420 g/mol. The van der Waals surface area contributed by atoms with E-state index in [2.05, 4.69) is 15.0 Å². The number of aromatic nitrogens is 1. The first-order chi connectivity index (χ1) is 13.2. The molecule has 0 aliphatic rings. The highest BCUT2D eigenvalue weighted by atomic mass is 32.2. The van der Waals surface area contributed by atoms with Crippen LogP contribution in [0, 0.1) is 26.6 Å². The normalized spacial score (nSPS) is 11.3. The number of nitrogens with zero attached hydrogens (tertiary/aromatic N) is 1. The zero-order chi connectivity index (χ0) is 20.5. The van der Waals surface area contributed by atoms with Crippen LogP contribution in [0.3, 0.4) is 0 Å². The zero-order valence-electron chi connectivity index (χ0n) is 15.4. The molecule has 0 bridgehead atoms. The van der Waals surface area contributed by atoms with Crippen LogP contribution in [0.4, 0.5) is 15.2 Å². The van der Waals surface area contributed by atoms with Crippen LogP contribution < -0.4 is 10.0 Å². The molecule has 0 saturated carbocycles. The highest BCUT2D eigenvalue weighted by Crippen LogP contribution is 2.26. The van der Waals surface area contributed by atoms with Crippen molar-refractivity contribution < 1.29 is 17.6 Å². The molecule has 1 heterocycles. The molecule has 1 aromatic heterocycles. The number of thiazole rings is 1. The van der Waals surface area contributed by atoms with Gasteiger partial charge in [-0.25, -0.2) is 17.8 Å². The molecule has 28 heavy (non-hydrogen) atoms. The molecule has 9 heteroatoms. The molecule has 0 aliphatic carbocycles. The Morgan fingerprint density at radius 1 is 1.04 bits per heavy atom. The number of amides is 1. The van der Waals surface area contributed by atoms with Crippen LogP contribution in [0.25, 0.3) is 0 Å². The van der Waals surface area contributed by atoms with Gasteiger partial charge in [0.15, 0.2) is 5.13 Å². The Labute approximate surface area is 166 Å². The third kappa shape index (κ3) is 4.37. The van der Waals surface area contributed by atoms with Crippen molar-refractivity contribution in [3.8, 4) is 0 Å². The number of sulfonamides is 1. The molecule has 3 aromatic rings. The number of benzene rings is 2. The maximum atomic E-state index is 13.0. The van der Waals surface area contributed by atoms with Gasteiger partial charge in [-0.1, -0.05) is 17.4 Å². The fourth-order valence-corrected chi connectivity index (χ4v) is 4.54. The van der Waals surface area contributed by atoms with E-state index in [1.54, 1.807) is 13.0 Å². The molecule has 0 unspecified atom stereocenters. The smallest absolute Gasteiger partial charge is 0.267 e. The van der Waals surface area contributed by atoms with Gasteiger partial charge in [0.25, 0.3) is 15.9 Å². The SMILES string of the molecule is Cc1ccc(NC(=O)c2sc(NS(=O)(=O)c3ccc(F)cc3)nc2C)cc1C. The van der Waals surface area contributed by atoms with Crippen LogP contribution in [0.2, 0.25) is 0 Å². The second-order valence-electron chi connectivity index (χ2n) is 6.25. The lowest BCUT2D eigenvalue weighted by atomic mass is 10.1. The van der Waals surface area contributed by atoms with Gasteiger partial charge in [-0.3, -0.25) is 9.52 Å². The number of hydrogen-bond acceptors (Lipinski definition) is 5. The van der Waals surface area contributed by atoms with Crippen LogP contribution in [0.15, 0.2) is 47.4 Å². The largest absolute Gasteiger partial charge is 0.321 e. The summed E-state index contributed by atoms with van der Waals surface area (Å²) in [6, 6.07) is 10.0. The minimum atomic E-state index is -3.93. The van der Waals surface area contributed by atoms with Crippen LogP contribution in [-0.2, 0) is 10.0 Å². The molecule has 2 N–H and O–H groups in total. The average Bonchev–Trinajstić information content (AvgIpc) is 2.98. The van der Waals surface area contributed by atoms with Gasteiger partial charge in [-0.05, 0) is 68.3 Å². The molecular weight excluding hydrogens is 401 g/mol. The molecule has 0 radical (unpaired) electrons. The Bertz CT molecular complexity index is 1140. The van der Waals surface area contributed by atoms with Crippen molar-refractivity contribution in [3.05, 3.63) is 70.0 Å². The van der Waals surface area contributed by atoms with E-state index >= 15 is 0 Å². The third-order valence-corrected chi connectivity index (χ3v) is 6.67. The van der Waals surface area contributed by atoms with Gasteiger partial charge in [0, 0.05) is 5.69 Å². The van der Waals surface area contributed by atoms with E-state index in [9.17, 15) is 17.6 Å². The first-order valence-electron chi connectivity index (χ1n) is 8.30. The second kappa shape index (κ2) is 7.69. The van der Waals surface area contributed by atoms with Crippen molar-refractivity contribution in [3.63, 3.8) is 0 Å². The quantitative estimate of drug-likeness (QED) is 0.647. The Morgan fingerprint density at radius 2 is 1.71 bits per heavy atom. The monoisotopic (exact) mass is 419 g/mol. The summed E-state index contributed by atoms with van der Waals surface area (Å²) < 4.78 is 40.1. The van der Waals surface area contributed by atoms with Gasteiger partial charge in [0.2, 0.25) is 0 Å². The standard InChI is InChI=1S/C19H18FN3O3S2/c1-11-4-7-15(10-12(11)2)22-18(24)17-13(3)21-19(27-17)23-28(25,26)16-8-5-14(20)6-9-16/h4-10H,1-3H3,(H,21,23)(H,22,24). The topological polar surface area (TPSA) is 88.2 Å². The van der Waals surface area contributed by atoms with E-state index in [4.69, 9.17) is 0 Å². The van der Waals surface area contributed by atoms with Gasteiger partial charge in [0.1, 0.15) is 10.7 Å². The van der Waals surface area contributed by atoms with Crippen LogP contribution in [-0.4, -0.2) is 19.3 Å². The van der Waals surface area contributed by atoms with Gasteiger partial charge in [-0.2, -0.15) is 0 Å². The predicted octanol–water partition coefficient (Wildman–Crippen LogP) is 4.26. The van der Waals surface area contributed by atoms with Crippen molar-refractivity contribution in [1.82, 2.24) is 4.98 Å². The number of hydrogen-bond donors (Lipinski definition) is 2. The Balaban J connectivity index is 1.79. The minimum Gasteiger partial charge on any atom is -0.321 e. The molecule has 3 rings (SSSR count). The Kier molecular flexibility index (Phi) is 5.48. The van der Waals surface area contributed by atoms with E-state index in [1.807, 2.05) is 26.0 Å². The summed E-state index contributed by atoms with van der Waals surface area (Å²) >= 11 is 0.931. The summed E-state index contributed by atoms with van der Waals surface area (Å²) in [6.45, 7) is 5.56. The van der Waals surface area contributed by atoms with Gasteiger partial charge >= 0.3 is 0 Å². The molecule has 1 amide bonds. The van der Waals surface area contributed by atoms with Crippen molar-refractivity contribution in [2.75, 3.05) is 10.0 Å². The lowest BCUT2D eigenvalue weighted by molar-refractivity contribution is 0.103. The summed E-state index contributed by atoms with van der Waals surface area (Å²) in [4.78, 5) is 16.9. The Morgan fingerprint density at radius 3 is 2.36 bits per heavy atom. The van der Waals surface area contributed by atoms with E-state index in [1.165, 1.54) is 0 Å². The maximum absolute atomic E-state index is 13.0. The third-order valence-electron chi connectivity index (χ3n) is 4.11. The molecule has 0 fully saturated rings. The second-order valence-corrected chi connectivity index (χ2v) is 8.93. The van der Waals surface area contributed by atoms with E-state index in [-0.39, 0.29) is 15.9 Å². The van der Waals surface area contributed by atoms with Crippen molar-refractivity contribution in [2.24, 2.45) is 0 Å². The molecular formula is C19H18FN3O3S2. The molecule has 0 atom stereocenters. The summed E-state index contributed by atoms with van der Waals surface area (Å²) in [5.74, 6) is -0.903. The van der Waals surface area contributed by atoms with E-state index < -0.39 is 15.8 Å². The van der Waals surface area contributed by atoms with Crippen LogP contribution >= 0.6 is 11.3 Å². The van der Waals surface area contributed by atoms with Gasteiger partial charge in [-0.15, -0.1) is 0 Å². The van der Waals surface area contributed by atoms with Gasteiger partial charge in [0.05, 0.1) is 10.6 Å². The lowest BCUT2D eigenvalue weighted by Crippen LogP contribution is -2.12. The van der Waals surface area contributed by atoms with Crippen molar-refractivity contribution >= 4 is 38.1 Å². The molecule has 6 nitrogen and oxygen atoms in total. The Hall–Kier alpha value is -2.78. The number of anilines is 2. The van der Waals surface area contributed by atoms with E-state index in [0.29, 0.717) is 16.3 Å². The number of nitrogens with one attached hydrogen (secondary N) is 2. The fourth-order valence-electron chi connectivity index (χ4n) is 2.45. The minimum absolute atomic E-state index is 0.0621. The highest BCUT2D eigenvalue weighted by Gasteiger charge is 2.20. The molecule has 0 saturated heterocycles. The number of carbonyl (C=O) groups excluding carboxylic acids is 1. The maximum Gasteiger partial charge on any atom is 0.267 e. The zero-order valence-corrected chi connectivity index (χ0v) is 17.0. The first-order valence-corrected chi connectivity index (χ1v) is 10.6. The molecule has 0 aliphatic heterocycles. The van der Waals surface area contributed by atoms with Crippen LogP contribution in [0.1, 0.15) is 26.5 Å². The van der Waals surface area contributed by atoms with Gasteiger partial charge < -0.3 is 5.32 Å². The van der Waals surface area contributed by atoms with E-state index in [0.717, 1.165) is 46.7 Å². The summed E-state index contributed by atoms with van der Waals surface area (Å²) in [5.41, 5.74) is 3.22. The van der Waals surface area contributed by atoms with Crippen molar-refractivity contribution in [2.45, 2.75) is 25.7 Å². The number of carbonyl (C=O) groups is 1. The number of rotatable bonds is 5. The van der Waals surface area contributed by atoms with Crippen molar-refractivity contribution in [1.29, 1.82) is 0 Å². The molecule has 2 aromatic carbocycles. The lowest BCUT2D eigenvalue weighted by Gasteiger charge is -2.07. The molecule has 0 spiro atoms. The highest BCUT2D eigenvalue weighted by molar-refractivity contribution is 7.93. The summed E-state index contributed by atoms with van der Waals surface area (Å²) in [6.07, 6.45) is 0.